The smallest absolute Gasteiger partial charge is 0.336 e. The predicted molar refractivity (Wildman–Crippen MR) is 89.3 cm³/mol. The third-order valence-corrected chi connectivity index (χ3v) is 3.81. The average Bonchev–Trinajstić information content (AvgIpc) is 2.45. The van der Waals surface area contributed by atoms with Gasteiger partial charge in [-0.05, 0) is 68.1 Å². The Morgan fingerprint density at radius 3 is 1.78 bits per heavy atom. The maximum Gasteiger partial charge on any atom is 0.336 e. The first-order valence-electron chi connectivity index (χ1n) is 7.43. The Morgan fingerprint density at radius 1 is 0.870 bits per heavy atom. The molecule has 23 heavy (non-hydrogen) atoms. The number of aromatic carboxylic acids is 1. The van der Waals surface area contributed by atoms with Crippen LogP contribution >= 0.6 is 0 Å². The topological polar surface area (TPSA) is 77.8 Å². The lowest BCUT2D eigenvalue weighted by molar-refractivity contribution is 0.0695. The first kappa shape index (κ1) is 17.2. The largest absolute Gasteiger partial charge is 0.478 e. The number of carboxylic acids is 1. The molecule has 0 aliphatic carbocycles. The molecular weight excluding hydrogens is 292 g/mol. The van der Waals surface area contributed by atoms with Crippen LogP contribution in [0.15, 0.2) is 42.5 Å². The van der Waals surface area contributed by atoms with Gasteiger partial charge in [-0.15, -0.1) is 0 Å². The van der Waals surface area contributed by atoms with Crippen LogP contribution in [0.3, 0.4) is 0 Å². The van der Waals surface area contributed by atoms with E-state index in [2.05, 4.69) is 0 Å². The van der Waals surface area contributed by atoms with Crippen molar-refractivity contribution in [1.29, 1.82) is 0 Å². The summed E-state index contributed by atoms with van der Waals surface area (Å²) in [5, 5.41) is 30.0. The highest BCUT2D eigenvalue weighted by Gasteiger charge is 2.24. The molecule has 4 nitrogen and oxygen atoms in total. The molecule has 0 fully saturated rings. The van der Waals surface area contributed by atoms with E-state index >= 15 is 0 Å². The van der Waals surface area contributed by atoms with Gasteiger partial charge < -0.3 is 15.3 Å². The Labute approximate surface area is 136 Å². The van der Waals surface area contributed by atoms with E-state index in [1.165, 1.54) is 6.07 Å². The molecule has 0 bridgehead atoms. The van der Waals surface area contributed by atoms with Crippen molar-refractivity contribution in [3.8, 4) is 11.1 Å². The van der Waals surface area contributed by atoms with E-state index < -0.39 is 17.2 Å². The summed E-state index contributed by atoms with van der Waals surface area (Å²) in [5.41, 5.74) is 0.417. The summed E-state index contributed by atoms with van der Waals surface area (Å²) in [4.78, 5) is 11.5. The van der Waals surface area contributed by atoms with Crippen molar-refractivity contribution in [2.24, 2.45) is 0 Å². The molecule has 0 heterocycles. The second-order valence-corrected chi connectivity index (χ2v) is 6.77. The fourth-order valence-electron chi connectivity index (χ4n) is 2.41. The van der Waals surface area contributed by atoms with Gasteiger partial charge in [0.1, 0.15) is 0 Å². The zero-order valence-corrected chi connectivity index (χ0v) is 13.8. The lowest BCUT2D eigenvalue weighted by atomic mass is 9.86. The normalized spacial score (nSPS) is 12.3. The van der Waals surface area contributed by atoms with Gasteiger partial charge in [0.2, 0.25) is 0 Å². The Bertz CT molecular complexity index is 702. The minimum absolute atomic E-state index is 0.182. The minimum Gasteiger partial charge on any atom is -0.478 e. The van der Waals surface area contributed by atoms with Gasteiger partial charge >= 0.3 is 5.97 Å². The monoisotopic (exact) mass is 314 g/mol. The Balaban J connectivity index is 2.75. The molecule has 0 spiro atoms. The maximum atomic E-state index is 11.5. The quantitative estimate of drug-likeness (QED) is 0.807. The molecule has 0 saturated carbocycles. The summed E-state index contributed by atoms with van der Waals surface area (Å²) in [6.45, 7) is 6.62. The van der Waals surface area contributed by atoms with Crippen LogP contribution in [-0.2, 0) is 11.2 Å². The van der Waals surface area contributed by atoms with E-state index in [0.29, 0.717) is 22.3 Å². The molecule has 0 amide bonds. The number of carboxylic acid groups (broad SMARTS) is 1. The first-order valence-corrected chi connectivity index (χ1v) is 7.43. The van der Waals surface area contributed by atoms with E-state index in [1.54, 1.807) is 64.1 Å². The van der Waals surface area contributed by atoms with Crippen LogP contribution in [0.1, 0.15) is 49.2 Å². The second kappa shape index (κ2) is 5.80. The molecule has 0 aromatic heterocycles. The van der Waals surface area contributed by atoms with Gasteiger partial charge in [-0.1, -0.05) is 24.3 Å². The molecule has 122 valence electrons. The summed E-state index contributed by atoms with van der Waals surface area (Å²) in [7, 11) is 0. The third kappa shape index (κ3) is 3.78. The van der Waals surface area contributed by atoms with Crippen LogP contribution in [0, 0.1) is 0 Å². The van der Waals surface area contributed by atoms with Crippen LogP contribution in [-0.4, -0.2) is 21.3 Å². The highest BCUT2D eigenvalue weighted by atomic mass is 16.4. The van der Waals surface area contributed by atoms with Gasteiger partial charge in [-0.3, -0.25) is 0 Å². The van der Waals surface area contributed by atoms with E-state index in [1.807, 2.05) is 0 Å². The number of carbonyl (C=O) groups is 1. The maximum absolute atomic E-state index is 11.5. The molecule has 4 heteroatoms. The molecule has 0 unspecified atom stereocenters. The number of hydrogen-bond donors (Lipinski definition) is 3. The average molecular weight is 314 g/mol. The van der Waals surface area contributed by atoms with E-state index in [0.717, 1.165) is 0 Å². The van der Waals surface area contributed by atoms with Gasteiger partial charge in [0.15, 0.2) is 0 Å². The number of benzene rings is 2. The van der Waals surface area contributed by atoms with E-state index in [-0.39, 0.29) is 5.56 Å². The zero-order chi connectivity index (χ0) is 17.4. The fourth-order valence-corrected chi connectivity index (χ4v) is 2.41. The first-order chi connectivity index (χ1) is 10.5. The molecule has 0 atom stereocenters. The lowest BCUT2D eigenvalue weighted by Gasteiger charge is -2.25. The molecule has 0 aliphatic heterocycles. The summed E-state index contributed by atoms with van der Waals surface area (Å²) in [6.07, 6.45) is 0. The van der Waals surface area contributed by atoms with Crippen LogP contribution in [0.2, 0.25) is 0 Å². The van der Waals surface area contributed by atoms with Crippen molar-refractivity contribution in [3.63, 3.8) is 0 Å². The van der Waals surface area contributed by atoms with E-state index in [4.69, 9.17) is 0 Å². The van der Waals surface area contributed by atoms with E-state index in [9.17, 15) is 20.1 Å². The van der Waals surface area contributed by atoms with Gasteiger partial charge in [0, 0.05) is 0 Å². The van der Waals surface area contributed by atoms with Crippen LogP contribution < -0.4 is 0 Å². The third-order valence-electron chi connectivity index (χ3n) is 3.81. The SMILES string of the molecule is CC(C)(O)c1cc(-c2ccccc2C(=O)O)cc(C(C)(C)O)c1. The van der Waals surface area contributed by atoms with Crippen molar-refractivity contribution in [2.45, 2.75) is 38.9 Å². The molecule has 0 radical (unpaired) electrons. The summed E-state index contributed by atoms with van der Waals surface area (Å²) in [5.74, 6) is -1.01. The van der Waals surface area contributed by atoms with Crippen molar-refractivity contribution >= 4 is 5.97 Å². The number of rotatable bonds is 4. The van der Waals surface area contributed by atoms with Gasteiger partial charge in [0.05, 0.1) is 16.8 Å². The lowest BCUT2D eigenvalue weighted by Crippen LogP contribution is -2.20. The molecule has 2 rings (SSSR count). The molecular formula is C19H22O4. The molecule has 3 N–H and O–H groups in total. The number of aliphatic hydroxyl groups is 2. The second-order valence-electron chi connectivity index (χ2n) is 6.77. The fraction of sp³-hybridized carbons (Fsp3) is 0.316. The highest BCUT2D eigenvalue weighted by molar-refractivity contribution is 5.96. The zero-order valence-electron chi connectivity index (χ0n) is 13.8. The van der Waals surface area contributed by atoms with Gasteiger partial charge in [0.25, 0.3) is 0 Å². The van der Waals surface area contributed by atoms with Crippen LogP contribution in [0.25, 0.3) is 11.1 Å². The summed E-state index contributed by atoms with van der Waals surface area (Å²) < 4.78 is 0. The minimum atomic E-state index is -1.10. The molecule has 0 aliphatic rings. The van der Waals surface area contributed by atoms with Crippen molar-refractivity contribution < 1.29 is 20.1 Å². The van der Waals surface area contributed by atoms with Crippen LogP contribution in [0.5, 0.6) is 0 Å². The van der Waals surface area contributed by atoms with Crippen molar-refractivity contribution in [1.82, 2.24) is 0 Å². The van der Waals surface area contributed by atoms with Gasteiger partial charge in [-0.25, -0.2) is 4.79 Å². The summed E-state index contributed by atoms with van der Waals surface area (Å²) in [6, 6.07) is 12.0. The molecule has 2 aromatic rings. The Hall–Kier alpha value is -2.17. The highest BCUT2D eigenvalue weighted by Crippen LogP contribution is 2.33. The molecule has 0 saturated heterocycles. The Kier molecular flexibility index (Phi) is 4.33. The predicted octanol–water partition coefficient (Wildman–Crippen LogP) is 3.51. The Morgan fingerprint density at radius 2 is 1.35 bits per heavy atom. The van der Waals surface area contributed by atoms with Crippen LogP contribution in [0.4, 0.5) is 0 Å². The van der Waals surface area contributed by atoms with Gasteiger partial charge in [-0.2, -0.15) is 0 Å². The van der Waals surface area contributed by atoms with Crippen molar-refractivity contribution in [2.75, 3.05) is 0 Å². The standard InChI is InChI=1S/C19H22O4/c1-18(2,22)13-9-12(10-14(11-13)19(3,4)23)15-7-5-6-8-16(15)17(20)21/h5-11,22-23H,1-4H3,(H,20,21). The van der Waals surface area contributed by atoms with Crippen molar-refractivity contribution in [3.05, 3.63) is 59.2 Å². The summed E-state index contributed by atoms with van der Waals surface area (Å²) >= 11 is 0. The number of hydrogen-bond acceptors (Lipinski definition) is 3. The molecule has 2 aromatic carbocycles.